The van der Waals surface area contributed by atoms with Crippen LogP contribution in [0.3, 0.4) is 0 Å². The van der Waals surface area contributed by atoms with Crippen LogP contribution in [-0.2, 0) is 0 Å². The first-order valence-electron chi connectivity index (χ1n) is 6.31. The molecular weight excluding hydrogens is 208 g/mol. The highest BCUT2D eigenvalue weighted by atomic mass is 16.3. The molecule has 0 saturated heterocycles. The summed E-state index contributed by atoms with van der Waals surface area (Å²) in [5.41, 5.74) is 3.60. The van der Waals surface area contributed by atoms with E-state index in [4.69, 9.17) is 0 Å². The van der Waals surface area contributed by atoms with Gasteiger partial charge in [-0.1, -0.05) is 49.8 Å². The zero-order chi connectivity index (χ0) is 12.8. The number of benzene rings is 1. The van der Waals surface area contributed by atoms with Gasteiger partial charge in [0.15, 0.2) is 0 Å². The Balaban J connectivity index is 0.000000686. The van der Waals surface area contributed by atoms with E-state index >= 15 is 0 Å². The number of hydrogen-bond donors (Lipinski definition) is 1. The van der Waals surface area contributed by atoms with Crippen molar-refractivity contribution in [2.75, 3.05) is 0 Å². The molecule has 0 aliphatic heterocycles. The van der Waals surface area contributed by atoms with Gasteiger partial charge in [0, 0.05) is 5.92 Å². The van der Waals surface area contributed by atoms with Crippen LogP contribution in [0.2, 0.25) is 0 Å². The molecule has 0 spiro atoms. The fraction of sp³-hybridized carbons (Fsp3) is 0.375. The Morgan fingerprint density at radius 1 is 1.18 bits per heavy atom. The Hall–Kier alpha value is -1.50. The molecule has 1 nitrogen and oxygen atoms in total. The smallest absolute Gasteiger partial charge is 0.114 e. The summed E-state index contributed by atoms with van der Waals surface area (Å²) in [7, 11) is 0. The molecule has 0 radical (unpaired) electrons. The second-order valence-electron chi connectivity index (χ2n) is 4.20. The molecule has 0 heterocycles. The van der Waals surface area contributed by atoms with Crippen molar-refractivity contribution in [3.8, 4) is 0 Å². The van der Waals surface area contributed by atoms with Crippen LogP contribution in [0.25, 0.3) is 0 Å². The van der Waals surface area contributed by atoms with E-state index in [1.807, 2.05) is 26.8 Å². The van der Waals surface area contributed by atoms with Gasteiger partial charge in [-0.15, -0.1) is 0 Å². The van der Waals surface area contributed by atoms with Crippen molar-refractivity contribution in [3.63, 3.8) is 0 Å². The average Bonchev–Trinajstić information content (AvgIpc) is 2.35. The van der Waals surface area contributed by atoms with Crippen LogP contribution in [0.1, 0.15) is 44.2 Å². The lowest BCUT2D eigenvalue weighted by molar-refractivity contribution is 0.415. The number of hydrogen-bond acceptors (Lipinski definition) is 1. The van der Waals surface area contributed by atoms with E-state index < -0.39 is 0 Å². The number of aryl methyl sites for hydroxylation is 1. The summed E-state index contributed by atoms with van der Waals surface area (Å²) in [5, 5.41) is 9.49. The third kappa shape index (κ3) is 3.48. The molecule has 0 aromatic heterocycles. The lowest BCUT2D eigenvalue weighted by atomic mass is 9.89. The first-order valence-corrected chi connectivity index (χ1v) is 6.31. The van der Waals surface area contributed by atoms with Crippen LogP contribution in [0.15, 0.2) is 47.7 Å². The molecule has 1 atom stereocenters. The Labute approximate surface area is 104 Å². The van der Waals surface area contributed by atoms with Gasteiger partial charge in [0.05, 0.1) is 0 Å². The topological polar surface area (TPSA) is 20.2 Å². The predicted molar refractivity (Wildman–Crippen MR) is 74.4 cm³/mol. The molecule has 1 aromatic carbocycles. The number of allylic oxidation sites excluding steroid dienone is 3. The molecule has 92 valence electrons. The number of aliphatic hydroxyl groups excluding tert-OH is 1. The fourth-order valence-corrected chi connectivity index (χ4v) is 1.99. The third-order valence-corrected chi connectivity index (χ3v) is 2.89. The Morgan fingerprint density at radius 2 is 1.88 bits per heavy atom. The van der Waals surface area contributed by atoms with Gasteiger partial charge < -0.3 is 5.11 Å². The largest absolute Gasteiger partial charge is 0.508 e. The zero-order valence-corrected chi connectivity index (χ0v) is 11.2. The lowest BCUT2D eigenvalue weighted by Gasteiger charge is -2.17. The highest BCUT2D eigenvalue weighted by Gasteiger charge is 2.13. The van der Waals surface area contributed by atoms with Crippen molar-refractivity contribution in [1.82, 2.24) is 0 Å². The molecule has 1 unspecified atom stereocenters. The van der Waals surface area contributed by atoms with Crippen LogP contribution in [-0.4, -0.2) is 5.11 Å². The Kier molecular flexibility index (Phi) is 5.02. The number of aliphatic hydroxyl groups is 1. The van der Waals surface area contributed by atoms with Gasteiger partial charge in [-0.3, -0.25) is 0 Å². The van der Waals surface area contributed by atoms with Crippen LogP contribution >= 0.6 is 0 Å². The van der Waals surface area contributed by atoms with E-state index in [-0.39, 0.29) is 0 Å². The first kappa shape index (κ1) is 13.6. The quantitative estimate of drug-likeness (QED) is 0.727. The van der Waals surface area contributed by atoms with E-state index in [2.05, 4.69) is 37.3 Å². The maximum atomic E-state index is 9.49. The highest BCUT2D eigenvalue weighted by molar-refractivity contribution is 5.36. The summed E-state index contributed by atoms with van der Waals surface area (Å²) in [5.74, 6) is 0.847. The maximum Gasteiger partial charge on any atom is 0.114 e. The molecule has 1 aliphatic carbocycles. The minimum Gasteiger partial charge on any atom is -0.508 e. The molecule has 0 amide bonds. The molecule has 1 aliphatic rings. The molecule has 0 fully saturated rings. The molecule has 1 heteroatoms. The predicted octanol–water partition coefficient (Wildman–Crippen LogP) is 4.90. The van der Waals surface area contributed by atoms with Crippen LogP contribution in [0, 0.1) is 6.92 Å². The van der Waals surface area contributed by atoms with E-state index in [0.717, 1.165) is 12.0 Å². The van der Waals surface area contributed by atoms with Crippen molar-refractivity contribution in [3.05, 3.63) is 58.9 Å². The van der Waals surface area contributed by atoms with Gasteiger partial charge in [-0.2, -0.15) is 0 Å². The van der Waals surface area contributed by atoms with Crippen LogP contribution < -0.4 is 0 Å². The minimum atomic E-state index is 0.417. The SMILES string of the molecule is CC.CC1=CC(c2cccc(C)c2)CC=C1O. The van der Waals surface area contributed by atoms with Gasteiger partial charge in [0.1, 0.15) is 5.76 Å². The monoisotopic (exact) mass is 230 g/mol. The molecule has 1 N–H and O–H groups in total. The normalized spacial score (nSPS) is 18.7. The Morgan fingerprint density at radius 3 is 2.47 bits per heavy atom. The second kappa shape index (κ2) is 6.29. The van der Waals surface area contributed by atoms with Crippen molar-refractivity contribution >= 4 is 0 Å². The second-order valence-corrected chi connectivity index (χ2v) is 4.20. The molecule has 17 heavy (non-hydrogen) atoms. The molecule has 2 rings (SSSR count). The molecule has 0 saturated carbocycles. The first-order chi connectivity index (χ1) is 8.16. The van der Waals surface area contributed by atoms with Gasteiger partial charge in [-0.05, 0) is 37.5 Å². The average molecular weight is 230 g/mol. The van der Waals surface area contributed by atoms with E-state index in [1.165, 1.54) is 11.1 Å². The van der Waals surface area contributed by atoms with Gasteiger partial charge >= 0.3 is 0 Å². The van der Waals surface area contributed by atoms with E-state index in [9.17, 15) is 5.11 Å². The summed E-state index contributed by atoms with van der Waals surface area (Å²) in [4.78, 5) is 0. The van der Waals surface area contributed by atoms with Crippen molar-refractivity contribution < 1.29 is 5.11 Å². The molecule has 1 aromatic rings. The van der Waals surface area contributed by atoms with Crippen molar-refractivity contribution in [1.29, 1.82) is 0 Å². The lowest BCUT2D eigenvalue weighted by Crippen LogP contribution is -2.02. The molecule has 0 bridgehead atoms. The summed E-state index contributed by atoms with van der Waals surface area (Å²) in [6.45, 7) is 8.06. The number of rotatable bonds is 1. The van der Waals surface area contributed by atoms with Crippen LogP contribution in [0.4, 0.5) is 0 Å². The maximum absolute atomic E-state index is 9.49. The third-order valence-electron chi connectivity index (χ3n) is 2.89. The molecular formula is C16H22O. The van der Waals surface area contributed by atoms with Crippen molar-refractivity contribution in [2.45, 2.75) is 40.0 Å². The Bertz CT molecular complexity index is 427. The summed E-state index contributed by atoms with van der Waals surface area (Å²) < 4.78 is 0. The van der Waals surface area contributed by atoms with Gasteiger partial charge in [0.2, 0.25) is 0 Å². The van der Waals surface area contributed by atoms with Crippen molar-refractivity contribution in [2.24, 2.45) is 0 Å². The van der Waals surface area contributed by atoms with Crippen LogP contribution in [0.5, 0.6) is 0 Å². The zero-order valence-electron chi connectivity index (χ0n) is 11.2. The summed E-state index contributed by atoms with van der Waals surface area (Å²) >= 11 is 0. The standard InChI is InChI=1S/C14H16O.C2H6/c1-10-4-3-5-12(8-10)13-6-7-14(15)11(2)9-13;1-2/h3-5,7-9,13,15H,6H2,1-2H3;1-2H3. The fourth-order valence-electron chi connectivity index (χ4n) is 1.99. The highest BCUT2D eigenvalue weighted by Crippen LogP contribution is 2.29. The van der Waals surface area contributed by atoms with E-state index in [1.54, 1.807) is 0 Å². The van der Waals surface area contributed by atoms with Gasteiger partial charge in [-0.25, -0.2) is 0 Å². The van der Waals surface area contributed by atoms with E-state index in [0.29, 0.717) is 11.7 Å². The minimum absolute atomic E-state index is 0.417. The van der Waals surface area contributed by atoms with Gasteiger partial charge in [0.25, 0.3) is 0 Å². The summed E-state index contributed by atoms with van der Waals surface area (Å²) in [6.07, 6.45) is 4.94. The summed E-state index contributed by atoms with van der Waals surface area (Å²) in [6, 6.07) is 8.56.